The zero-order valence-corrected chi connectivity index (χ0v) is 15.3. The van der Waals surface area contributed by atoms with Crippen LogP contribution in [0.4, 0.5) is 5.69 Å². The van der Waals surface area contributed by atoms with Gasteiger partial charge in [0.15, 0.2) is 0 Å². The number of nitrogens with one attached hydrogen (secondary N) is 2. The standard InChI is InChI=1S/C20H20ClN3O3/c21-15-7-5-14(6-8-15)18(13-3-4-13)24-20(27)19(26)23-16-9-1-12(2-10-16)11-17(22)25/h1-2,5-10,13,18H,3-4,11H2,(H2,22,25)(H,23,26)(H,24,27). The Morgan fingerprint density at radius 2 is 1.63 bits per heavy atom. The molecule has 0 saturated heterocycles. The minimum Gasteiger partial charge on any atom is -0.369 e. The summed E-state index contributed by atoms with van der Waals surface area (Å²) in [5.74, 6) is -1.53. The number of halogens is 1. The molecule has 4 N–H and O–H groups in total. The largest absolute Gasteiger partial charge is 0.369 e. The highest BCUT2D eigenvalue weighted by Crippen LogP contribution is 2.41. The lowest BCUT2D eigenvalue weighted by atomic mass is 10.0. The zero-order valence-electron chi connectivity index (χ0n) is 14.6. The summed E-state index contributed by atoms with van der Waals surface area (Å²) in [6, 6.07) is 13.7. The van der Waals surface area contributed by atoms with Crippen molar-refractivity contribution >= 4 is 35.0 Å². The monoisotopic (exact) mass is 385 g/mol. The molecular formula is C20H20ClN3O3. The molecule has 140 valence electrons. The Morgan fingerprint density at radius 1 is 1.00 bits per heavy atom. The van der Waals surface area contributed by atoms with Crippen LogP contribution in [0.2, 0.25) is 5.02 Å². The van der Waals surface area contributed by atoms with E-state index < -0.39 is 17.7 Å². The predicted molar refractivity (Wildman–Crippen MR) is 103 cm³/mol. The number of hydrogen-bond acceptors (Lipinski definition) is 3. The number of carbonyl (C=O) groups excluding carboxylic acids is 3. The minimum atomic E-state index is -0.739. The van der Waals surface area contributed by atoms with Crippen LogP contribution in [0.15, 0.2) is 48.5 Å². The zero-order chi connectivity index (χ0) is 19.4. The average Bonchev–Trinajstić information content (AvgIpc) is 3.46. The van der Waals surface area contributed by atoms with Crippen LogP contribution in [0.25, 0.3) is 0 Å². The van der Waals surface area contributed by atoms with E-state index in [1.54, 1.807) is 36.4 Å². The molecular weight excluding hydrogens is 366 g/mol. The van der Waals surface area contributed by atoms with E-state index in [2.05, 4.69) is 10.6 Å². The normalized spacial score (nSPS) is 14.3. The summed E-state index contributed by atoms with van der Waals surface area (Å²) in [5, 5.41) is 6.00. The molecule has 0 bridgehead atoms. The van der Waals surface area contributed by atoms with Gasteiger partial charge >= 0.3 is 11.8 Å². The van der Waals surface area contributed by atoms with E-state index in [9.17, 15) is 14.4 Å². The fourth-order valence-electron chi connectivity index (χ4n) is 2.87. The molecule has 1 aliphatic rings. The van der Waals surface area contributed by atoms with Gasteiger partial charge < -0.3 is 16.4 Å². The molecule has 0 aliphatic heterocycles. The third-order valence-corrected chi connectivity index (χ3v) is 4.66. The molecule has 1 aliphatic carbocycles. The number of nitrogens with two attached hydrogens (primary N) is 1. The van der Waals surface area contributed by atoms with E-state index in [-0.39, 0.29) is 12.5 Å². The summed E-state index contributed by atoms with van der Waals surface area (Å²) in [6.45, 7) is 0. The van der Waals surface area contributed by atoms with Crippen molar-refractivity contribution in [1.82, 2.24) is 5.32 Å². The Morgan fingerprint density at radius 3 is 2.19 bits per heavy atom. The highest BCUT2D eigenvalue weighted by molar-refractivity contribution is 6.39. The first kappa shape index (κ1) is 18.9. The van der Waals surface area contributed by atoms with Gasteiger partial charge in [-0.3, -0.25) is 14.4 Å². The summed E-state index contributed by atoms with van der Waals surface area (Å²) < 4.78 is 0. The Hall–Kier alpha value is -2.86. The molecule has 2 aromatic rings. The molecule has 0 heterocycles. The van der Waals surface area contributed by atoms with Gasteiger partial charge in [0.1, 0.15) is 0 Å². The summed E-state index contributed by atoms with van der Waals surface area (Å²) in [6.07, 6.45) is 2.14. The second-order valence-electron chi connectivity index (χ2n) is 6.63. The molecule has 0 aromatic heterocycles. The molecule has 3 amide bonds. The van der Waals surface area contributed by atoms with Gasteiger partial charge in [-0.15, -0.1) is 0 Å². The molecule has 0 radical (unpaired) electrons. The fraction of sp³-hybridized carbons (Fsp3) is 0.250. The highest BCUT2D eigenvalue weighted by atomic mass is 35.5. The summed E-state index contributed by atoms with van der Waals surface area (Å²) in [5.41, 5.74) is 7.28. The van der Waals surface area contributed by atoms with Crippen LogP contribution in [0.5, 0.6) is 0 Å². The van der Waals surface area contributed by atoms with Crippen molar-refractivity contribution < 1.29 is 14.4 Å². The first-order valence-electron chi connectivity index (χ1n) is 8.67. The molecule has 1 fully saturated rings. The maximum Gasteiger partial charge on any atom is 0.313 e. The Bertz CT molecular complexity index is 846. The molecule has 0 spiro atoms. The molecule has 6 nitrogen and oxygen atoms in total. The maximum atomic E-state index is 12.3. The third-order valence-electron chi connectivity index (χ3n) is 4.41. The lowest BCUT2D eigenvalue weighted by Crippen LogP contribution is -2.38. The van der Waals surface area contributed by atoms with Crippen molar-refractivity contribution in [3.63, 3.8) is 0 Å². The lowest BCUT2D eigenvalue weighted by molar-refractivity contribution is -0.136. The fourth-order valence-corrected chi connectivity index (χ4v) is 3.00. The molecule has 7 heteroatoms. The van der Waals surface area contributed by atoms with Crippen LogP contribution >= 0.6 is 11.6 Å². The number of benzene rings is 2. The van der Waals surface area contributed by atoms with Crippen LogP contribution in [-0.4, -0.2) is 17.7 Å². The first-order chi connectivity index (χ1) is 12.9. The number of rotatable bonds is 6. The van der Waals surface area contributed by atoms with Gasteiger partial charge in [0, 0.05) is 10.7 Å². The second kappa shape index (κ2) is 8.22. The van der Waals surface area contributed by atoms with Crippen LogP contribution in [-0.2, 0) is 20.8 Å². The highest BCUT2D eigenvalue weighted by Gasteiger charge is 2.34. The van der Waals surface area contributed by atoms with Crippen molar-refractivity contribution in [3.05, 3.63) is 64.7 Å². The van der Waals surface area contributed by atoms with Gasteiger partial charge in [-0.05, 0) is 54.2 Å². The molecule has 27 heavy (non-hydrogen) atoms. The quantitative estimate of drug-likeness (QED) is 0.666. The number of hydrogen-bond donors (Lipinski definition) is 3. The summed E-state index contributed by atoms with van der Waals surface area (Å²) in [7, 11) is 0. The predicted octanol–water partition coefficient (Wildman–Crippen LogP) is 2.57. The lowest BCUT2D eigenvalue weighted by Gasteiger charge is -2.18. The number of primary amides is 1. The minimum absolute atomic E-state index is 0.124. The van der Waals surface area contributed by atoms with Gasteiger partial charge in [-0.2, -0.15) is 0 Å². The van der Waals surface area contributed by atoms with E-state index in [0.29, 0.717) is 16.6 Å². The second-order valence-corrected chi connectivity index (χ2v) is 7.07. The van der Waals surface area contributed by atoms with E-state index >= 15 is 0 Å². The van der Waals surface area contributed by atoms with Crippen molar-refractivity contribution in [1.29, 1.82) is 0 Å². The van der Waals surface area contributed by atoms with Crippen LogP contribution < -0.4 is 16.4 Å². The first-order valence-corrected chi connectivity index (χ1v) is 9.05. The van der Waals surface area contributed by atoms with E-state index in [0.717, 1.165) is 24.0 Å². The summed E-state index contributed by atoms with van der Waals surface area (Å²) in [4.78, 5) is 35.5. The number of amides is 3. The van der Waals surface area contributed by atoms with E-state index in [1.165, 1.54) is 0 Å². The van der Waals surface area contributed by atoms with E-state index in [4.69, 9.17) is 17.3 Å². The van der Waals surface area contributed by atoms with Gasteiger partial charge in [0.2, 0.25) is 5.91 Å². The van der Waals surface area contributed by atoms with Gasteiger partial charge in [0.05, 0.1) is 12.5 Å². The molecule has 2 aromatic carbocycles. The van der Waals surface area contributed by atoms with Crippen molar-refractivity contribution in [3.8, 4) is 0 Å². The van der Waals surface area contributed by atoms with Crippen LogP contribution in [0.3, 0.4) is 0 Å². The molecule has 1 unspecified atom stereocenters. The maximum absolute atomic E-state index is 12.3. The topological polar surface area (TPSA) is 101 Å². The molecule has 1 atom stereocenters. The van der Waals surface area contributed by atoms with Gasteiger partial charge in [0.25, 0.3) is 0 Å². The van der Waals surface area contributed by atoms with Crippen molar-refractivity contribution in [2.45, 2.75) is 25.3 Å². The molecule has 3 rings (SSSR count). The Balaban J connectivity index is 1.61. The number of anilines is 1. The van der Waals surface area contributed by atoms with E-state index in [1.807, 2.05) is 12.1 Å². The van der Waals surface area contributed by atoms with Crippen LogP contribution in [0.1, 0.15) is 30.0 Å². The summed E-state index contributed by atoms with van der Waals surface area (Å²) >= 11 is 5.92. The number of carbonyl (C=O) groups is 3. The third kappa shape index (κ3) is 5.31. The van der Waals surface area contributed by atoms with Crippen molar-refractivity contribution in [2.24, 2.45) is 11.7 Å². The SMILES string of the molecule is NC(=O)Cc1ccc(NC(=O)C(=O)NC(c2ccc(Cl)cc2)C2CC2)cc1. The Kier molecular flexibility index (Phi) is 5.76. The average molecular weight is 386 g/mol. The van der Waals surface area contributed by atoms with Crippen LogP contribution in [0, 0.1) is 5.92 Å². The van der Waals surface area contributed by atoms with Crippen molar-refractivity contribution in [2.75, 3.05) is 5.32 Å². The van der Waals surface area contributed by atoms with Gasteiger partial charge in [-0.25, -0.2) is 0 Å². The Labute approximate surface area is 162 Å². The smallest absolute Gasteiger partial charge is 0.313 e. The molecule has 1 saturated carbocycles. The van der Waals surface area contributed by atoms with Gasteiger partial charge in [-0.1, -0.05) is 35.9 Å².